The summed E-state index contributed by atoms with van der Waals surface area (Å²) in [5, 5.41) is 1.26. The van der Waals surface area contributed by atoms with E-state index < -0.39 is 0 Å². The third-order valence-electron chi connectivity index (χ3n) is 4.11. The standard InChI is InChI=1S/C18H21Cl2N3/c1-18(2,3)17-21-9-13-11-23(8-7-15(13)22-17)10-12-5-4-6-14(19)16(12)20/h4-6,9H,7-8,10-11H2,1-3H3. The molecule has 23 heavy (non-hydrogen) atoms. The summed E-state index contributed by atoms with van der Waals surface area (Å²) in [7, 11) is 0. The van der Waals surface area contributed by atoms with E-state index in [0.717, 1.165) is 37.4 Å². The molecular weight excluding hydrogens is 329 g/mol. The summed E-state index contributed by atoms with van der Waals surface area (Å²) in [5.74, 6) is 0.919. The lowest BCUT2D eigenvalue weighted by molar-refractivity contribution is 0.242. The fourth-order valence-electron chi connectivity index (χ4n) is 2.78. The van der Waals surface area contributed by atoms with Gasteiger partial charge in [0, 0.05) is 48.9 Å². The maximum atomic E-state index is 6.30. The van der Waals surface area contributed by atoms with Gasteiger partial charge in [-0.1, -0.05) is 56.1 Å². The Hall–Kier alpha value is -1.16. The van der Waals surface area contributed by atoms with E-state index in [1.165, 1.54) is 11.3 Å². The molecule has 1 aromatic carbocycles. The van der Waals surface area contributed by atoms with E-state index in [-0.39, 0.29) is 5.41 Å². The molecular formula is C18H21Cl2N3. The molecule has 2 aromatic rings. The van der Waals surface area contributed by atoms with E-state index in [1.807, 2.05) is 24.4 Å². The average Bonchev–Trinajstić information content (AvgIpc) is 2.50. The highest BCUT2D eigenvalue weighted by atomic mass is 35.5. The summed E-state index contributed by atoms with van der Waals surface area (Å²) in [6.07, 6.45) is 2.92. The molecule has 3 rings (SSSR count). The van der Waals surface area contributed by atoms with Gasteiger partial charge in [-0.15, -0.1) is 0 Å². The molecule has 0 unspecified atom stereocenters. The Morgan fingerprint density at radius 1 is 1.22 bits per heavy atom. The van der Waals surface area contributed by atoms with Crippen LogP contribution in [-0.4, -0.2) is 21.4 Å². The molecule has 2 heterocycles. The SMILES string of the molecule is CC(C)(C)c1ncc2c(n1)CCN(Cc1cccc(Cl)c1Cl)C2. The second kappa shape index (κ2) is 6.39. The van der Waals surface area contributed by atoms with Crippen molar-refractivity contribution in [3.05, 3.63) is 57.1 Å². The van der Waals surface area contributed by atoms with Crippen LogP contribution in [0, 0.1) is 0 Å². The molecule has 0 N–H and O–H groups in total. The number of hydrogen-bond acceptors (Lipinski definition) is 3. The minimum atomic E-state index is -0.0134. The van der Waals surface area contributed by atoms with Crippen molar-refractivity contribution in [2.45, 2.75) is 45.7 Å². The second-order valence-corrected chi connectivity index (χ2v) is 7.87. The fourth-order valence-corrected chi connectivity index (χ4v) is 3.16. The number of aromatic nitrogens is 2. The Labute approximate surface area is 147 Å². The van der Waals surface area contributed by atoms with Crippen LogP contribution in [0.2, 0.25) is 10.0 Å². The van der Waals surface area contributed by atoms with Gasteiger partial charge in [0.25, 0.3) is 0 Å². The van der Waals surface area contributed by atoms with Crippen molar-refractivity contribution < 1.29 is 0 Å². The average molecular weight is 350 g/mol. The van der Waals surface area contributed by atoms with Gasteiger partial charge in [0.2, 0.25) is 0 Å². The van der Waals surface area contributed by atoms with Gasteiger partial charge in [0.1, 0.15) is 5.82 Å². The van der Waals surface area contributed by atoms with E-state index in [1.54, 1.807) is 0 Å². The van der Waals surface area contributed by atoms with Gasteiger partial charge in [-0.3, -0.25) is 4.90 Å². The van der Waals surface area contributed by atoms with E-state index in [9.17, 15) is 0 Å². The third-order valence-corrected chi connectivity index (χ3v) is 4.97. The van der Waals surface area contributed by atoms with Crippen molar-refractivity contribution in [3.63, 3.8) is 0 Å². The first kappa shape index (κ1) is 16.7. The Bertz CT molecular complexity index is 723. The Morgan fingerprint density at radius 3 is 2.74 bits per heavy atom. The molecule has 0 fully saturated rings. The lowest BCUT2D eigenvalue weighted by Gasteiger charge is -2.29. The maximum absolute atomic E-state index is 6.30. The van der Waals surface area contributed by atoms with Crippen LogP contribution in [0.15, 0.2) is 24.4 Å². The van der Waals surface area contributed by atoms with Crippen molar-refractivity contribution in [1.82, 2.24) is 14.9 Å². The summed E-state index contributed by atoms with van der Waals surface area (Å²) in [4.78, 5) is 11.7. The maximum Gasteiger partial charge on any atom is 0.133 e. The molecule has 122 valence electrons. The van der Waals surface area contributed by atoms with Crippen LogP contribution in [0.3, 0.4) is 0 Å². The quantitative estimate of drug-likeness (QED) is 0.790. The first-order valence-electron chi connectivity index (χ1n) is 7.85. The molecule has 3 nitrogen and oxygen atoms in total. The predicted octanol–water partition coefficient (Wildman–Crippen LogP) is 4.64. The molecule has 0 radical (unpaired) electrons. The van der Waals surface area contributed by atoms with Crippen LogP contribution in [0.5, 0.6) is 0 Å². The van der Waals surface area contributed by atoms with Gasteiger partial charge in [-0.25, -0.2) is 9.97 Å². The first-order chi connectivity index (χ1) is 10.8. The van der Waals surface area contributed by atoms with E-state index in [0.29, 0.717) is 10.0 Å². The predicted molar refractivity (Wildman–Crippen MR) is 95.0 cm³/mol. The van der Waals surface area contributed by atoms with Crippen LogP contribution in [-0.2, 0) is 24.9 Å². The number of benzene rings is 1. The van der Waals surface area contributed by atoms with Crippen molar-refractivity contribution >= 4 is 23.2 Å². The molecule has 1 aliphatic heterocycles. The highest BCUT2D eigenvalue weighted by molar-refractivity contribution is 6.42. The fraction of sp³-hybridized carbons (Fsp3) is 0.444. The summed E-state index contributed by atoms with van der Waals surface area (Å²) in [6, 6.07) is 5.80. The zero-order chi connectivity index (χ0) is 16.6. The lowest BCUT2D eigenvalue weighted by atomic mass is 9.95. The molecule has 0 atom stereocenters. The van der Waals surface area contributed by atoms with E-state index >= 15 is 0 Å². The molecule has 1 aromatic heterocycles. The Kier molecular flexibility index (Phi) is 4.63. The Morgan fingerprint density at radius 2 is 2.00 bits per heavy atom. The molecule has 0 amide bonds. The summed E-state index contributed by atoms with van der Waals surface area (Å²) < 4.78 is 0. The van der Waals surface area contributed by atoms with E-state index in [4.69, 9.17) is 28.2 Å². The first-order valence-corrected chi connectivity index (χ1v) is 8.60. The van der Waals surface area contributed by atoms with Crippen LogP contribution < -0.4 is 0 Å². The van der Waals surface area contributed by atoms with Gasteiger partial charge in [-0.2, -0.15) is 0 Å². The molecule has 1 aliphatic rings. The molecule has 0 aliphatic carbocycles. The second-order valence-electron chi connectivity index (χ2n) is 7.09. The number of rotatable bonds is 2. The van der Waals surface area contributed by atoms with Gasteiger partial charge in [0.05, 0.1) is 10.0 Å². The van der Waals surface area contributed by atoms with Crippen LogP contribution in [0.25, 0.3) is 0 Å². The number of fused-ring (bicyclic) bond motifs is 1. The number of nitrogens with zero attached hydrogens (tertiary/aromatic N) is 3. The topological polar surface area (TPSA) is 29.0 Å². The van der Waals surface area contributed by atoms with Gasteiger partial charge < -0.3 is 0 Å². The molecule has 0 saturated heterocycles. The van der Waals surface area contributed by atoms with Crippen molar-refractivity contribution in [2.75, 3.05) is 6.54 Å². The zero-order valence-corrected chi connectivity index (χ0v) is 15.2. The minimum absolute atomic E-state index is 0.0134. The summed E-state index contributed by atoms with van der Waals surface area (Å²) >= 11 is 12.4. The summed E-state index contributed by atoms with van der Waals surface area (Å²) in [6.45, 7) is 9.04. The number of halogens is 2. The molecule has 5 heteroatoms. The minimum Gasteiger partial charge on any atom is -0.294 e. The summed E-state index contributed by atoms with van der Waals surface area (Å²) in [5.41, 5.74) is 3.44. The Balaban J connectivity index is 1.77. The zero-order valence-electron chi connectivity index (χ0n) is 13.7. The third kappa shape index (κ3) is 3.68. The van der Waals surface area contributed by atoms with Gasteiger partial charge in [-0.05, 0) is 11.6 Å². The van der Waals surface area contributed by atoms with Crippen LogP contribution in [0.1, 0.15) is 43.4 Å². The monoisotopic (exact) mass is 349 g/mol. The molecule has 0 bridgehead atoms. The van der Waals surface area contributed by atoms with Crippen molar-refractivity contribution in [2.24, 2.45) is 0 Å². The molecule has 0 saturated carbocycles. The highest BCUT2D eigenvalue weighted by Gasteiger charge is 2.23. The van der Waals surface area contributed by atoms with E-state index in [2.05, 4.69) is 30.7 Å². The van der Waals surface area contributed by atoms with Crippen molar-refractivity contribution in [3.8, 4) is 0 Å². The smallest absolute Gasteiger partial charge is 0.133 e. The highest BCUT2D eigenvalue weighted by Crippen LogP contribution is 2.28. The van der Waals surface area contributed by atoms with Gasteiger partial charge in [0.15, 0.2) is 0 Å². The van der Waals surface area contributed by atoms with Crippen LogP contribution in [0.4, 0.5) is 0 Å². The molecule has 0 spiro atoms. The van der Waals surface area contributed by atoms with Crippen LogP contribution >= 0.6 is 23.2 Å². The lowest BCUT2D eigenvalue weighted by Crippen LogP contribution is -2.32. The normalized spacial score (nSPS) is 15.5. The van der Waals surface area contributed by atoms with Gasteiger partial charge >= 0.3 is 0 Å². The van der Waals surface area contributed by atoms with Crippen molar-refractivity contribution in [1.29, 1.82) is 0 Å². The number of hydrogen-bond donors (Lipinski definition) is 0. The largest absolute Gasteiger partial charge is 0.294 e.